The lowest BCUT2D eigenvalue weighted by Crippen LogP contribution is -2.28. The van der Waals surface area contributed by atoms with Crippen LogP contribution in [0.25, 0.3) is 0 Å². The van der Waals surface area contributed by atoms with E-state index in [0.29, 0.717) is 17.2 Å². The molecule has 0 aromatic carbocycles. The second-order valence-electron chi connectivity index (χ2n) is 5.57. The van der Waals surface area contributed by atoms with Gasteiger partial charge in [0.25, 0.3) is 0 Å². The van der Waals surface area contributed by atoms with Crippen LogP contribution >= 0.6 is 0 Å². The predicted octanol–water partition coefficient (Wildman–Crippen LogP) is 2.02. The number of hydrogen-bond donors (Lipinski definition) is 3. The molecule has 1 aliphatic carbocycles. The average molecular weight is 277 g/mol. The number of nitrogens with zero attached hydrogens (tertiary/aromatic N) is 3. The molecule has 0 radical (unpaired) electrons. The molecule has 1 aliphatic rings. The van der Waals surface area contributed by atoms with Crippen LogP contribution in [-0.4, -0.2) is 27.0 Å². The quantitative estimate of drug-likeness (QED) is 0.781. The molecule has 2 rings (SSSR count). The van der Waals surface area contributed by atoms with Gasteiger partial charge in [-0.1, -0.05) is 6.92 Å². The number of aliphatic hydroxyl groups is 1. The van der Waals surface area contributed by atoms with E-state index in [2.05, 4.69) is 23.4 Å². The van der Waals surface area contributed by atoms with Crippen LogP contribution in [0.1, 0.15) is 57.6 Å². The van der Waals surface area contributed by atoms with Crippen molar-refractivity contribution in [3.63, 3.8) is 0 Å². The summed E-state index contributed by atoms with van der Waals surface area (Å²) in [5.74, 6) is 1.01. The summed E-state index contributed by atoms with van der Waals surface area (Å²) in [5, 5.41) is 26.6. The number of aromatic nitrogens is 2. The van der Waals surface area contributed by atoms with E-state index >= 15 is 0 Å². The SMILES string of the molecule is CCC(C)n1nc(NC2CCC(O)CC2)c(C#N)c1N. The summed E-state index contributed by atoms with van der Waals surface area (Å²) in [6, 6.07) is 2.57. The highest BCUT2D eigenvalue weighted by molar-refractivity contribution is 5.64. The van der Waals surface area contributed by atoms with E-state index in [0.717, 1.165) is 32.1 Å². The minimum atomic E-state index is -0.189. The number of nitrogens with two attached hydrogens (primary N) is 1. The van der Waals surface area contributed by atoms with Crippen molar-refractivity contribution >= 4 is 11.6 Å². The Morgan fingerprint density at radius 1 is 1.50 bits per heavy atom. The van der Waals surface area contributed by atoms with E-state index in [1.807, 2.05) is 6.92 Å². The standard InChI is InChI=1S/C14H23N5O/c1-3-9(2)19-13(16)12(8-15)14(18-19)17-10-4-6-11(20)7-5-10/h9-11,20H,3-7,16H2,1-2H3,(H,17,18). The number of hydrogen-bond acceptors (Lipinski definition) is 5. The van der Waals surface area contributed by atoms with E-state index < -0.39 is 0 Å². The molecule has 6 heteroatoms. The van der Waals surface area contributed by atoms with Gasteiger partial charge in [0.1, 0.15) is 17.5 Å². The van der Waals surface area contributed by atoms with Crippen LogP contribution in [-0.2, 0) is 0 Å². The summed E-state index contributed by atoms with van der Waals surface area (Å²) < 4.78 is 1.72. The van der Waals surface area contributed by atoms with Crippen LogP contribution in [0.3, 0.4) is 0 Å². The van der Waals surface area contributed by atoms with Gasteiger partial charge in [-0.05, 0) is 39.0 Å². The fraction of sp³-hybridized carbons (Fsp3) is 0.714. The lowest BCUT2D eigenvalue weighted by Gasteiger charge is -2.26. The molecular weight excluding hydrogens is 254 g/mol. The molecule has 20 heavy (non-hydrogen) atoms. The van der Waals surface area contributed by atoms with E-state index in [9.17, 15) is 10.4 Å². The molecule has 1 atom stereocenters. The molecule has 1 saturated carbocycles. The zero-order valence-electron chi connectivity index (χ0n) is 12.1. The summed E-state index contributed by atoms with van der Waals surface area (Å²) in [4.78, 5) is 0. The summed E-state index contributed by atoms with van der Waals surface area (Å²) in [7, 11) is 0. The molecule has 6 nitrogen and oxygen atoms in total. The van der Waals surface area contributed by atoms with Crippen molar-refractivity contribution in [2.45, 2.75) is 64.1 Å². The summed E-state index contributed by atoms with van der Waals surface area (Å²) in [6.07, 6.45) is 4.09. The average Bonchev–Trinajstić information content (AvgIpc) is 2.76. The van der Waals surface area contributed by atoms with Crippen molar-refractivity contribution in [3.8, 4) is 6.07 Å². The lowest BCUT2D eigenvalue weighted by atomic mass is 9.93. The van der Waals surface area contributed by atoms with Gasteiger partial charge >= 0.3 is 0 Å². The van der Waals surface area contributed by atoms with Crippen LogP contribution in [0.15, 0.2) is 0 Å². The molecule has 0 amide bonds. The number of nitrogens with one attached hydrogen (secondary N) is 1. The summed E-state index contributed by atoms with van der Waals surface area (Å²) in [5.41, 5.74) is 6.44. The fourth-order valence-electron chi connectivity index (χ4n) is 2.58. The molecule has 1 aromatic rings. The molecule has 1 unspecified atom stereocenters. The van der Waals surface area contributed by atoms with Gasteiger partial charge in [0.2, 0.25) is 0 Å². The third kappa shape index (κ3) is 2.88. The van der Waals surface area contributed by atoms with Crippen molar-refractivity contribution in [2.75, 3.05) is 11.1 Å². The Morgan fingerprint density at radius 3 is 2.70 bits per heavy atom. The smallest absolute Gasteiger partial charge is 0.168 e. The summed E-state index contributed by atoms with van der Waals surface area (Å²) in [6.45, 7) is 4.10. The van der Waals surface area contributed by atoms with Gasteiger partial charge in [0.05, 0.1) is 12.1 Å². The first-order valence-corrected chi connectivity index (χ1v) is 7.29. The molecule has 1 heterocycles. The van der Waals surface area contributed by atoms with Crippen molar-refractivity contribution in [1.29, 1.82) is 5.26 Å². The van der Waals surface area contributed by atoms with Gasteiger partial charge in [-0.15, -0.1) is 0 Å². The fourth-order valence-corrected chi connectivity index (χ4v) is 2.58. The number of nitrogen functional groups attached to an aromatic ring is 1. The molecule has 0 bridgehead atoms. The predicted molar refractivity (Wildman–Crippen MR) is 78.2 cm³/mol. The van der Waals surface area contributed by atoms with E-state index in [1.165, 1.54) is 0 Å². The Kier molecular flexibility index (Phi) is 4.50. The molecule has 0 aliphatic heterocycles. The van der Waals surface area contributed by atoms with E-state index in [1.54, 1.807) is 4.68 Å². The van der Waals surface area contributed by atoms with Crippen molar-refractivity contribution in [1.82, 2.24) is 9.78 Å². The zero-order chi connectivity index (χ0) is 14.7. The Bertz CT molecular complexity index is 496. The monoisotopic (exact) mass is 277 g/mol. The number of aliphatic hydroxyl groups excluding tert-OH is 1. The second-order valence-corrected chi connectivity index (χ2v) is 5.57. The molecule has 0 spiro atoms. The van der Waals surface area contributed by atoms with E-state index in [4.69, 9.17) is 5.73 Å². The number of rotatable bonds is 4. The third-order valence-corrected chi connectivity index (χ3v) is 4.11. The van der Waals surface area contributed by atoms with Crippen LogP contribution in [0.2, 0.25) is 0 Å². The van der Waals surface area contributed by atoms with Crippen LogP contribution in [0, 0.1) is 11.3 Å². The minimum absolute atomic E-state index is 0.172. The van der Waals surface area contributed by atoms with Gasteiger partial charge in [-0.3, -0.25) is 0 Å². The van der Waals surface area contributed by atoms with Gasteiger partial charge in [-0.25, -0.2) is 4.68 Å². The molecule has 1 aromatic heterocycles. The maximum absolute atomic E-state index is 9.53. The van der Waals surface area contributed by atoms with Crippen molar-refractivity contribution < 1.29 is 5.11 Å². The lowest BCUT2D eigenvalue weighted by molar-refractivity contribution is 0.126. The highest BCUT2D eigenvalue weighted by Gasteiger charge is 2.23. The molecule has 110 valence electrons. The Labute approximate surface area is 119 Å². The molecule has 4 N–H and O–H groups in total. The van der Waals surface area contributed by atoms with Gasteiger partial charge in [0.15, 0.2) is 5.82 Å². The second kappa shape index (κ2) is 6.14. The van der Waals surface area contributed by atoms with Crippen LogP contribution in [0.4, 0.5) is 11.6 Å². The van der Waals surface area contributed by atoms with Crippen molar-refractivity contribution in [3.05, 3.63) is 5.56 Å². The largest absolute Gasteiger partial charge is 0.393 e. The normalized spacial score (nSPS) is 24.1. The third-order valence-electron chi connectivity index (χ3n) is 4.11. The summed E-state index contributed by atoms with van der Waals surface area (Å²) >= 11 is 0. The van der Waals surface area contributed by atoms with Crippen LogP contribution in [0.5, 0.6) is 0 Å². The molecule has 1 fully saturated rings. The first-order valence-electron chi connectivity index (χ1n) is 7.29. The molecular formula is C14H23N5O. The molecule has 0 saturated heterocycles. The number of nitriles is 1. The Morgan fingerprint density at radius 2 is 2.15 bits per heavy atom. The van der Waals surface area contributed by atoms with Crippen LogP contribution < -0.4 is 11.1 Å². The minimum Gasteiger partial charge on any atom is -0.393 e. The van der Waals surface area contributed by atoms with Crippen molar-refractivity contribution in [2.24, 2.45) is 0 Å². The first-order chi connectivity index (χ1) is 9.56. The highest BCUT2D eigenvalue weighted by Crippen LogP contribution is 2.28. The maximum Gasteiger partial charge on any atom is 0.168 e. The Balaban J connectivity index is 2.17. The van der Waals surface area contributed by atoms with Gasteiger partial charge < -0.3 is 16.2 Å². The topological polar surface area (TPSA) is 99.9 Å². The Hall–Kier alpha value is -1.74. The number of anilines is 2. The van der Waals surface area contributed by atoms with E-state index in [-0.39, 0.29) is 18.2 Å². The zero-order valence-corrected chi connectivity index (χ0v) is 12.1. The highest BCUT2D eigenvalue weighted by atomic mass is 16.3. The van der Waals surface area contributed by atoms with Gasteiger partial charge in [-0.2, -0.15) is 10.4 Å². The maximum atomic E-state index is 9.53. The first kappa shape index (κ1) is 14.7. The van der Waals surface area contributed by atoms with Gasteiger partial charge in [0, 0.05) is 6.04 Å².